The minimum absolute atomic E-state index is 0.212. The molecule has 1 aliphatic rings. The maximum atomic E-state index is 10.7. The Bertz CT molecular complexity index is 1500. The summed E-state index contributed by atoms with van der Waals surface area (Å²) in [7, 11) is 1.72. The molecule has 1 aliphatic heterocycles. The van der Waals surface area contributed by atoms with Crippen LogP contribution in [0.25, 0.3) is 21.0 Å². The maximum absolute atomic E-state index is 10.7. The number of rotatable bonds is 9. The van der Waals surface area contributed by atoms with Crippen LogP contribution in [0.1, 0.15) is 30.6 Å². The monoisotopic (exact) mass is 583 g/mol. The Morgan fingerprint density at radius 2 is 1.88 bits per heavy atom. The number of hydrogen-bond donors (Lipinski definition) is 5. The molecule has 0 spiro atoms. The topological polar surface area (TPSA) is 161 Å². The molecule has 218 valence electrons. The molecule has 5 rings (SSSR count). The molecule has 2 aromatic carbocycles. The first-order chi connectivity index (χ1) is 19.7. The number of aromatic nitrogens is 1. The second kappa shape index (κ2) is 13.5. The Kier molecular flexibility index (Phi) is 9.82. The van der Waals surface area contributed by atoms with E-state index in [1.165, 1.54) is 15.0 Å². The average Bonchev–Trinajstić information content (AvgIpc) is 3.58. The van der Waals surface area contributed by atoms with Crippen LogP contribution in [-0.2, 0) is 14.4 Å². The second-order valence-electron chi connectivity index (χ2n) is 9.82. The summed E-state index contributed by atoms with van der Waals surface area (Å²) in [5.74, 6) is -0.892. The number of carbonyl (C=O) groups excluding carboxylic acids is 1. The number of piperidine rings is 1. The van der Waals surface area contributed by atoms with Crippen molar-refractivity contribution >= 4 is 56.5 Å². The number of thiophene rings is 1. The van der Waals surface area contributed by atoms with Crippen molar-refractivity contribution in [3.63, 3.8) is 0 Å². The standard InChI is InChI=1S/C27H31N3O4S.C2H2O4/c1-17-11-18(26-12-21-23(33-2)6-4-8-25(21)35-26)9-10-30(17)14-19(32)15-34-24-7-3-5-22-20(24)13-27(29-22)28-16-31;3-1(4)2(5)6/h3-8,12-13,16-19,29,32H,9-11,14-15H2,1-2H3,(H,28,31);(H,3,4)(H,5,6)/t17-,18+,19-;/m0./s1. The maximum Gasteiger partial charge on any atom is 0.414 e. The summed E-state index contributed by atoms with van der Waals surface area (Å²) in [5, 5.41) is 30.2. The van der Waals surface area contributed by atoms with Crippen LogP contribution < -0.4 is 14.8 Å². The van der Waals surface area contributed by atoms with Crippen LogP contribution in [0.5, 0.6) is 11.5 Å². The van der Waals surface area contributed by atoms with E-state index in [1.54, 1.807) is 7.11 Å². The quantitative estimate of drug-likeness (QED) is 0.144. The number of carbonyl (C=O) groups is 3. The number of fused-ring (bicyclic) bond motifs is 2. The van der Waals surface area contributed by atoms with E-state index in [0.717, 1.165) is 36.0 Å². The van der Waals surface area contributed by atoms with E-state index >= 15 is 0 Å². The van der Waals surface area contributed by atoms with Gasteiger partial charge in [0.1, 0.15) is 30.0 Å². The van der Waals surface area contributed by atoms with Crippen molar-refractivity contribution in [2.75, 3.05) is 32.1 Å². The predicted molar refractivity (Wildman–Crippen MR) is 156 cm³/mol. The number of carboxylic acids is 2. The first-order valence-electron chi connectivity index (χ1n) is 13.1. The SMILES string of the molecule is COc1cccc2sc([C@@H]3CCN(C[C@H](O)COc4cccc5[nH]c(NC=O)cc45)[C@@H](C)C3)cc12.O=C(O)C(=O)O. The first kappa shape index (κ1) is 29.8. The number of β-amino-alcohol motifs (C(OH)–C–C–N with tert-alkyl or cyclic N) is 1. The summed E-state index contributed by atoms with van der Waals surface area (Å²) in [6.45, 7) is 3.98. The highest BCUT2D eigenvalue weighted by molar-refractivity contribution is 7.19. The highest BCUT2D eigenvalue weighted by Gasteiger charge is 2.29. The molecule has 0 unspecified atom stereocenters. The lowest BCUT2D eigenvalue weighted by atomic mass is 9.90. The minimum atomic E-state index is -1.82. The zero-order valence-electron chi connectivity index (χ0n) is 22.7. The lowest BCUT2D eigenvalue weighted by Gasteiger charge is -2.38. The zero-order chi connectivity index (χ0) is 29.5. The summed E-state index contributed by atoms with van der Waals surface area (Å²) in [4.78, 5) is 35.8. The number of aromatic amines is 1. The van der Waals surface area contributed by atoms with Gasteiger partial charge >= 0.3 is 11.9 Å². The van der Waals surface area contributed by atoms with Crippen molar-refractivity contribution in [2.45, 2.75) is 37.8 Å². The van der Waals surface area contributed by atoms with Gasteiger partial charge in [-0.25, -0.2) is 9.59 Å². The highest BCUT2D eigenvalue weighted by atomic mass is 32.1. The molecule has 12 heteroatoms. The van der Waals surface area contributed by atoms with Crippen LogP contribution in [0.4, 0.5) is 5.82 Å². The number of aliphatic carboxylic acids is 2. The number of benzene rings is 2. The van der Waals surface area contributed by atoms with Crippen LogP contribution >= 0.6 is 11.3 Å². The van der Waals surface area contributed by atoms with Gasteiger partial charge in [0, 0.05) is 32.9 Å². The zero-order valence-corrected chi connectivity index (χ0v) is 23.5. The van der Waals surface area contributed by atoms with Crippen molar-refractivity contribution in [3.8, 4) is 11.5 Å². The average molecular weight is 584 g/mol. The van der Waals surface area contributed by atoms with Crippen LogP contribution in [-0.4, -0.2) is 82.5 Å². The van der Waals surface area contributed by atoms with Crippen LogP contribution in [0.2, 0.25) is 0 Å². The number of methoxy groups -OCH3 is 1. The summed E-state index contributed by atoms with van der Waals surface area (Å²) >= 11 is 1.87. The number of H-pyrrole nitrogens is 1. The number of amides is 1. The van der Waals surface area contributed by atoms with Crippen LogP contribution in [0.3, 0.4) is 0 Å². The highest BCUT2D eigenvalue weighted by Crippen LogP contribution is 2.40. The van der Waals surface area contributed by atoms with E-state index in [-0.39, 0.29) is 6.61 Å². The van der Waals surface area contributed by atoms with E-state index in [1.807, 2.05) is 47.7 Å². The van der Waals surface area contributed by atoms with Gasteiger partial charge in [0.25, 0.3) is 0 Å². The van der Waals surface area contributed by atoms with Crippen LogP contribution in [0.15, 0.2) is 48.5 Å². The fourth-order valence-corrected chi connectivity index (χ4v) is 6.31. The smallest absolute Gasteiger partial charge is 0.414 e. The number of ether oxygens (including phenoxy) is 2. The minimum Gasteiger partial charge on any atom is -0.496 e. The van der Waals surface area contributed by atoms with Gasteiger partial charge in [-0.1, -0.05) is 12.1 Å². The van der Waals surface area contributed by atoms with Gasteiger partial charge in [0.05, 0.1) is 12.6 Å². The molecule has 3 heterocycles. The normalized spacial score (nSPS) is 17.8. The molecule has 5 N–H and O–H groups in total. The number of hydrogen-bond acceptors (Lipinski definition) is 8. The molecule has 41 heavy (non-hydrogen) atoms. The van der Waals surface area contributed by atoms with E-state index in [0.29, 0.717) is 36.5 Å². The van der Waals surface area contributed by atoms with Gasteiger partial charge in [0.15, 0.2) is 0 Å². The molecule has 3 atom stereocenters. The predicted octanol–water partition coefficient (Wildman–Crippen LogP) is 4.12. The number of nitrogens with one attached hydrogen (secondary N) is 2. The van der Waals surface area contributed by atoms with Gasteiger partial charge in [-0.15, -0.1) is 11.3 Å². The van der Waals surface area contributed by atoms with Crippen molar-refractivity contribution in [2.24, 2.45) is 0 Å². The Morgan fingerprint density at radius 3 is 2.56 bits per heavy atom. The molecule has 1 fully saturated rings. The van der Waals surface area contributed by atoms with E-state index < -0.39 is 18.0 Å². The first-order valence-corrected chi connectivity index (χ1v) is 13.9. The molecule has 4 aromatic rings. The van der Waals surface area contributed by atoms with Gasteiger partial charge in [0.2, 0.25) is 6.41 Å². The van der Waals surface area contributed by atoms with Crippen molar-refractivity contribution < 1.29 is 39.2 Å². The Hall–Kier alpha value is -4.13. The number of nitrogens with zero attached hydrogens (tertiary/aromatic N) is 1. The molecule has 11 nitrogen and oxygen atoms in total. The number of anilines is 1. The third kappa shape index (κ3) is 7.34. The lowest BCUT2D eigenvalue weighted by Crippen LogP contribution is -2.45. The van der Waals surface area contributed by atoms with Gasteiger partial charge in [-0.2, -0.15) is 0 Å². The van der Waals surface area contributed by atoms with Gasteiger partial charge < -0.3 is 35.1 Å². The summed E-state index contributed by atoms with van der Waals surface area (Å²) in [6, 6.07) is 16.4. The van der Waals surface area contributed by atoms with E-state index in [2.05, 4.69) is 34.3 Å². The third-order valence-electron chi connectivity index (χ3n) is 7.07. The van der Waals surface area contributed by atoms with E-state index in [9.17, 15) is 9.90 Å². The number of carboxylic acid groups (broad SMARTS) is 2. The molecular weight excluding hydrogens is 550 g/mol. The molecular formula is C29H33N3O8S. The molecule has 0 saturated carbocycles. The fraction of sp³-hybridized carbons (Fsp3) is 0.345. The third-order valence-corrected chi connectivity index (χ3v) is 8.34. The van der Waals surface area contributed by atoms with Gasteiger partial charge in [-0.3, -0.25) is 9.69 Å². The number of aliphatic hydroxyl groups is 1. The van der Waals surface area contributed by atoms with Gasteiger partial charge in [-0.05, 0) is 68.6 Å². The molecule has 0 bridgehead atoms. The fourth-order valence-electron chi connectivity index (χ4n) is 5.09. The van der Waals surface area contributed by atoms with Crippen molar-refractivity contribution in [1.29, 1.82) is 0 Å². The molecule has 0 radical (unpaired) electrons. The molecule has 1 saturated heterocycles. The number of aliphatic hydroxyl groups excluding tert-OH is 1. The second-order valence-corrected chi connectivity index (χ2v) is 10.9. The molecule has 2 aromatic heterocycles. The van der Waals surface area contributed by atoms with Crippen LogP contribution in [0, 0.1) is 0 Å². The lowest BCUT2D eigenvalue weighted by molar-refractivity contribution is -0.159. The van der Waals surface area contributed by atoms with Crippen molar-refractivity contribution in [1.82, 2.24) is 9.88 Å². The Labute approximate surface area is 240 Å². The van der Waals surface area contributed by atoms with E-state index in [4.69, 9.17) is 29.3 Å². The summed E-state index contributed by atoms with van der Waals surface area (Å²) < 4.78 is 12.8. The molecule has 0 aliphatic carbocycles. The van der Waals surface area contributed by atoms with Crippen molar-refractivity contribution in [3.05, 3.63) is 53.4 Å². The Balaban J connectivity index is 0.000000585. The largest absolute Gasteiger partial charge is 0.496 e. The number of likely N-dealkylation sites (tertiary alicyclic amines) is 1. The molecule has 1 amide bonds. The summed E-state index contributed by atoms with van der Waals surface area (Å²) in [5.41, 5.74) is 0.871. The Morgan fingerprint density at radius 1 is 1.15 bits per heavy atom. The summed E-state index contributed by atoms with van der Waals surface area (Å²) in [6.07, 6.45) is 2.18.